The number of rotatable bonds is 7. The number of ether oxygens (including phenoxy) is 1. The third-order valence-corrected chi connectivity index (χ3v) is 4.82. The summed E-state index contributed by atoms with van der Waals surface area (Å²) in [7, 11) is 0. The van der Waals surface area contributed by atoms with Crippen LogP contribution in [0.25, 0.3) is 0 Å². The van der Waals surface area contributed by atoms with Gasteiger partial charge in [-0.1, -0.05) is 0 Å². The summed E-state index contributed by atoms with van der Waals surface area (Å²) in [5, 5.41) is 0. The summed E-state index contributed by atoms with van der Waals surface area (Å²) in [4.78, 5) is 16.9. The standard InChI is InChI=1S/C16H31N3O2/c1-3-21-15(20)16(2,17)8-6-9-18-12-7-14(13-18)19-10-4-5-11-19/h14H,3-13,17H2,1-2H3. The largest absolute Gasteiger partial charge is 0.465 e. The highest BCUT2D eigenvalue weighted by atomic mass is 16.5. The molecule has 2 fully saturated rings. The van der Waals surface area contributed by atoms with E-state index in [1.165, 1.54) is 45.4 Å². The van der Waals surface area contributed by atoms with Gasteiger partial charge in [0.2, 0.25) is 0 Å². The lowest BCUT2D eigenvalue weighted by Crippen LogP contribution is -2.46. The number of carbonyl (C=O) groups excluding carboxylic acids is 1. The van der Waals surface area contributed by atoms with Crippen molar-refractivity contribution in [2.45, 2.75) is 57.5 Å². The predicted octanol–water partition coefficient (Wildman–Crippen LogP) is 1.22. The predicted molar refractivity (Wildman–Crippen MR) is 84.1 cm³/mol. The smallest absolute Gasteiger partial charge is 0.325 e. The van der Waals surface area contributed by atoms with E-state index in [1.807, 2.05) is 6.92 Å². The van der Waals surface area contributed by atoms with E-state index in [2.05, 4.69) is 9.80 Å². The molecule has 2 N–H and O–H groups in total. The van der Waals surface area contributed by atoms with Gasteiger partial charge in [-0.2, -0.15) is 0 Å². The minimum atomic E-state index is -0.843. The molecule has 0 bridgehead atoms. The summed E-state index contributed by atoms with van der Waals surface area (Å²) in [5.41, 5.74) is 5.21. The molecule has 0 aromatic carbocycles. The molecule has 0 aliphatic carbocycles. The summed E-state index contributed by atoms with van der Waals surface area (Å²) in [5.74, 6) is -0.277. The van der Waals surface area contributed by atoms with Crippen LogP contribution in [0.4, 0.5) is 0 Å². The second-order valence-electron chi connectivity index (χ2n) is 6.73. The maximum absolute atomic E-state index is 11.8. The molecule has 0 amide bonds. The second-order valence-corrected chi connectivity index (χ2v) is 6.73. The van der Waals surface area contributed by atoms with Crippen molar-refractivity contribution in [3.8, 4) is 0 Å². The van der Waals surface area contributed by atoms with Gasteiger partial charge in [0.05, 0.1) is 6.61 Å². The molecule has 0 spiro atoms. The van der Waals surface area contributed by atoms with Crippen molar-refractivity contribution in [3.63, 3.8) is 0 Å². The molecule has 2 aliphatic rings. The first kappa shape index (κ1) is 16.7. The van der Waals surface area contributed by atoms with Crippen LogP contribution < -0.4 is 5.73 Å². The SMILES string of the molecule is CCOC(=O)C(C)(N)CCCN1CCC(N2CCCC2)C1. The Morgan fingerprint density at radius 3 is 2.71 bits per heavy atom. The van der Waals surface area contributed by atoms with Gasteiger partial charge in [-0.15, -0.1) is 0 Å². The van der Waals surface area contributed by atoms with Gasteiger partial charge in [-0.3, -0.25) is 9.69 Å². The van der Waals surface area contributed by atoms with Gasteiger partial charge in [0, 0.05) is 12.6 Å². The molecule has 2 unspecified atom stereocenters. The topological polar surface area (TPSA) is 58.8 Å². The van der Waals surface area contributed by atoms with Crippen LogP contribution >= 0.6 is 0 Å². The monoisotopic (exact) mass is 297 g/mol. The van der Waals surface area contributed by atoms with E-state index in [4.69, 9.17) is 10.5 Å². The van der Waals surface area contributed by atoms with Gasteiger partial charge < -0.3 is 15.4 Å². The van der Waals surface area contributed by atoms with E-state index in [-0.39, 0.29) is 5.97 Å². The quantitative estimate of drug-likeness (QED) is 0.716. The highest BCUT2D eigenvalue weighted by molar-refractivity contribution is 5.79. The van der Waals surface area contributed by atoms with Crippen LogP contribution in [0.15, 0.2) is 0 Å². The summed E-state index contributed by atoms with van der Waals surface area (Å²) in [6.45, 7) is 9.96. The van der Waals surface area contributed by atoms with Crippen molar-refractivity contribution in [2.75, 3.05) is 39.3 Å². The van der Waals surface area contributed by atoms with Gasteiger partial charge in [-0.05, 0) is 72.1 Å². The average Bonchev–Trinajstić information content (AvgIpc) is 3.09. The Balaban J connectivity index is 1.66. The molecule has 2 rings (SSSR count). The number of nitrogens with zero attached hydrogens (tertiary/aromatic N) is 2. The molecule has 2 aliphatic heterocycles. The molecule has 5 nitrogen and oxygen atoms in total. The van der Waals surface area contributed by atoms with E-state index in [0.717, 1.165) is 19.0 Å². The lowest BCUT2D eigenvalue weighted by Gasteiger charge is -2.25. The molecule has 2 heterocycles. The van der Waals surface area contributed by atoms with E-state index >= 15 is 0 Å². The number of esters is 1. The molecule has 21 heavy (non-hydrogen) atoms. The zero-order valence-corrected chi connectivity index (χ0v) is 13.6. The molecular formula is C16H31N3O2. The molecule has 2 atom stereocenters. The Kier molecular flexibility index (Phi) is 6.02. The first-order valence-electron chi connectivity index (χ1n) is 8.45. The van der Waals surface area contributed by atoms with E-state index in [1.54, 1.807) is 6.92 Å². The highest BCUT2D eigenvalue weighted by Crippen LogP contribution is 2.21. The molecule has 5 heteroatoms. The summed E-state index contributed by atoms with van der Waals surface area (Å²) in [6, 6.07) is 0.752. The summed E-state index contributed by atoms with van der Waals surface area (Å²) < 4.78 is 5.03. The van der Waals surface area contributed by atoms with Crippen molar-refractivity contribution >= 4 is 5.97 Å². The molecule has 0 aromatic heterocycles. The Morgan fingerprint density at radius 2 is 2.05 bits per heavy atom. The minimum Gasteiger partial charge on any atom is -0.465 e. The fourth-order valence-electron chi connectivity index (χ4n) is 3.49. The van der Waals surface area contributed by atoms with Gasteiger partial charge in [0.15, 0.2) is 0 Å². The van der Waals surface area contributed by atoms with Crippen molar-refractivity contribution in [2.24, 2.45) is 5.73 Å². The van der Waals surface area contributed by atoms with Crippen LogP contribution in [-0.2, 0) is 9.53 Å². The van der Waals surface area contributed by atoms with Crippen molar-refractivity contribution < 1.29 is 9.53 Å². The van der Waals surface area contributed by atoms with Gasteiger partial charge in [0.1, 0.15) is 5.54 Å². The Hall–Kier alpha value is -0.650. The maximum Gasteiger partial charge on any atom is 0.325 e. The third kappa shape index (κ3) is 4.66. The van der Waals surface area contributed by atoms with Crippen molar-refractivity contribution in [3.05, 3.63) is 0 Å². The molecule has 0 radical (unpaired) electrons. The minimum absolute atomic E-state index is 0.277. The molecule has 122 valence electrons. The van der Waals surface area contributed by atoms with Crippen LogP contribution in [0.1, 0.15) is 46.0 Å². The molecular weight excluding hydrogens is 266 g/mol. The lowest BCUT2D eigenvalue weighted by atomic mass is 9.97. The molecule has 2 saturated heterocycles. The van der Waals surface area contributed by atoms with E-state index in [0.29, 0.717) is 13.0 Å². The van der Waals surface area contributed by atoms with Crippen molar-refractivity contribution in [1.82, 2.24) is 9.80 Å². The molecule has 0 saturated carbocycles. The Bertz CT molecular complexity index is 340. The van der Waals surface area contributed by atoms with E-state index in [9.17, 15) is 4.79 Å². The van der Waals surface area contributed by atoms with Gasteiger partial charge >= 0.3 is 5.97 Å². The van der Waals surface area contributed by atoms with Crippen LogP contribution in [-0.4, -0.2) is 66.7 Å². The third-order valence-electron chi connectivity index (χ3n) is 4.82. The number of hydrogen-bond acceptors (Lipinski definition) is 5. The zero-order valence-electron chi connectivity index (χ0n) is 13.6. The Morgan fingerprint density at radius 1 is 1.33 bits per heavy atom. The lowest BCUT2D eigenvalue weighted by molar-refractivity contribution is -0.149. The fourth-order valence-corrected chi connectivity index (χ4v) is 3.49. The number of nitrogens with two attached hydrogens (primary N) is 1. The summed E-state index contributed by atoms with van der Waals surface area (Å²) >= 11 is 0. The van der Waals surface area contributed by atoms with E-state index < -0.39 is 5.54 Å². The van der Waals surface area contributed by atoms with Gasteiger partial charge in [0.25, 0.3) is 0 Å². The number of likely N-dealkylation sites (tertiary alicyclic amines) is 2. The van der Waals surface area contributed by atoms with Crippen LogP contribution in [0.2, 0.25) is 0 Å². The van der Waals surface area contributed by atoms with Crippen LogP contribution in [0.5, 0.6) is 0 Å². The first-order valence-corrected chi connectivity index (χ1v) is 8.45. The Labute approximate surface area is 128 Å². The van der Waals surface area contributed by atoms with Gasteiger partial charge in [-0.25, -0.2) is 0 Å². The molecule has 0 aromatic rings. The first-order chi connectivity index (χ1) is 10.0. The van der Waals surface area contributed by atoms with Crippen molar-refractivity contribution in [1.29, 1.82) is 0 Å². The maximum atomic E-state index is 11.8. The normalized spacial score (nSPS) is 26.9. The summed E-state index contributed by atoms with van der Waals surface area (Å²) in [6.07, 6.45) is 5.66. The number of carbonyl (C=O) groups is 1. The second kappa shape index (κ2) is 7.56. The zero-order chi connectivity index (χ0) is 15.3. The van der Waals surface area contributed by atoms with Crippen LogP contribution in [0, 0.1) is 0 Å². The van der Waals surface area contributed by atoms with Crippen LogP contribution in [0.3, 0.4) is 0 Å². The fraction of sp³-hybridized carbons (Fsp3) is 0.938. The number of hydrogen-bond donors (Lipinski definition) is 1. The highest BCUT2D eigenvalue weighted by Gasteiger charge is 2.31. The average molecular weight is 297 g/mol.